The summed E-state index contributed by atoms with van der Waals surface area (Å²) in [4.78, 5) is 0. The van der Waals surface area contributed by atoms with E-state index in [9.17, 15) is 21.6 Å². The Balaban J connectivity index is 3.81. The minimum absolute atomic E-state index is 0.0154. The fourth-order valence-corrected chi connectivity index (χ4v) is 2.43. The van der Waals surface area contributed by atoms with Crippen molar-refractivity contribution in [2.24, 2.45) is 0 Å². The van der Waals surface area contributed by atoms with Crippen LogP contribution in [0.5, 0.6) is 0 Å². The van der Waals surface area contributed by atoms with Crippen molar-refractivity contribution in [3.8, 4) is 0 Å². The molecule has 0 saturated heterocycles. The number of hydrogen-bond acceptors (Lipinski definition) is 3. The smallest absolute Gasteiger partial charge is 0.315 e. The van der Waals surface area contributed by atoms with E-state index in [1.165, 1.54) is 0 Å². The van der Waals surface area contributed by atoms with Crippen molar-refractivity contribution in [2.45, 2.75) is 38.4 Å². The molecule has 0 rings (SSSR count). The molecule has 2 N–H and O–H groups in total. The van der Waals surface area contributed by atoms with Gasteiger partial charge in [0, 0.05) is 18.5 Å². The lowest BCUT2D eigenvalue weighted by molar-refractivity contribution is -0.135. The monoisotopic (exact) mass is 276 g/mol. The summed E-state index contributed by atoms with van der Waals surface area (Å²) < 4.78 is 59.8. The van der Waals surface area contributed by atoms with Gasteiger partial charge >= 0.3 is 6.18 Å². The largest absolute Gasteiger partial charge is 0.389 e. The van der Waals surface area contributed by atoms with Crippen molar-refractivity contribution in [1.29, 1.82) is 0 Å². The first-order valence-electron chi connectivity index (χ1n) is 5.18. The molecule has 0 saturated carbocycles. The lowest BCUT2D eigenvalue weighted by Gasteiger charge is -2.25. The molecule has 0 radical (unpaired) electrons. The molecule has 0 atom stereocenters. The van der Waals surface area contributed by atoms with Gasteiger partial charge in [0.05, 0.1) is 6.26 Å². The summed E-state index contributed by atoms with van der Waals surface area (Å²) in [5.41, 5.74) is -0.716. The maximum absolute atomic E-state index is 11.8. The van der Waals surface area contributed by atoms with Crippen LogP contribution >= 0.6 is 0 Å². The Hall–Kier alpha value is -0.340. The van der Waals surface area contributed by atoms with E-state index in [1.54, 1.807) is 13.8 Å². The molecule has 17 heavy (non-hydrogen) atoms. The second kappa shape index (κ2) is 6.01. The zero-order valence-corrected chi connectivity index (χ0v) is 11.0. The van der Waals surface area contributed by atoms with Gasteiger partial charge in [-0.1, -0.05) is 0 Å². The van der Waals surface area contributed by atoms with Gasteiger partial charge in [0.1, 0.15) is 0 Å². The van der Waals surface area contributed by atoms with Crippen molar-refractivity contribution < 1.29 is 21.6 Å². The molecule has 4 nitrogen and oxygen atoms in total. The summed E-state index contributed by atoms with van der Waals surface area (Å²) in [6.45, 7) is 3.79. The van der Waals surface area contributed by atoms with Crippen LogP contribution in [0.4, 0.5) is 13.2 Å². The fourth-order valence-electron chi connectivity index (χ4n) is 1.35. The topological polar surface area (TPSA) is 58.2 Å². The highest BCUT2D eigenvalue weighted by molar-refractivity contribution is 7.88. The average Bonchev–Trinajstić information content (AvgIpc) is 1.95. The first kappa shape index (κ1) is 16.7. The van der Waals surface area contributed by atoms with Crippen molar-refractivity contribution >= 4 is 10.0 Å². The molecule has 0 fully saturated rings. The van der Waals surface area contributed by atoms with Crippen LogP contribution in [-0.2, 0) is 10.0 Å². The summed E-state index contributed by atoms with van der Waals surface area (Å²) >= 11 is 0. The average molecular weight is 276 g/mol. The van der Waals surface area contributed by atoms with Crippen LogP contribution in [0.25, 0.3) is 0 Å². The Labute approximate surface area is 100 Å². The van der Waals surface area contributed by atoms with Crippen LogP contribution in [0.3, 0.4) is 0 Å². The Morgan fingerprint density at radius 1 is 1.18 bits per heavy atom. The van der Waals surface area contributed by atoms with Gasteiger partial charge in [-0.15, -0.1) is 0 Å². The highest BCUT2D eigenvalue weighted by Crippen LogP contribution is 2.20. The van der Waals surface area contributed by atoms with Gasteiger partial charge in [-0.25, -0.2) is 13.1 Å². The number of hydrogen-bond donors (Lipinski definition) is 2. The predicted octanol–water partition coefficient (Wildman–Crippen LogP) is 1.25. The SMILES string of the molecule is CC(C)(CNCCCC(F)(F)F)NS(C)(=O)=O. The van der Waals surface area contributed by atoms with Gasteiger partial charge in [-0.2, -0.15) is 13.2 Å². The van der Waals surface area contributed by atoms with Gasteiger partial charge in [-0.05, 0) is 26.8 Å². The Kier molecular flexibility index (Phi) is 5.89. The molecule has 0 aliphatic heterocycles. The van der Waals surface area contributed by atoms with Crippen LogP contribution in [0.1, 0.15) is 26.7 Å². The van der Waals surface area contributed by atoms with E-state index in [-0.39, 0.29) is 19.5 Å². The van der Waals surface area contributed by atoms with Gasteiger partial charge in [0.25, 0.3) is 0 Å². The summed E-state index contributed by atoms with van der Waals surface area (Å²) in [6.07, 6.45) is -3.95. The number of sulfonamides is 1. The maximum Gasteiger partial charge on any atom is 0.389 e. The molecule has 0 aromatic carbocycles. The van der Waals surface area contributed by atoms with E-state index >= 15 is 0 Å². The van der Waals surface area contributed by atoms with Gasteiger partial charge < -0.3 is 5.32 Å². The highest BCUT2D eigenvalue weighted by atomic mass is 32.2. The Morgan fingerprint density at radius 3 is 2.12 bits per heavy atom. The summed E-state index contributed by atoms with van der Waals surface area (Å²) in [6, 6.07) is 0. The molecule has 0 amide bonds. The number of halogens is 3. The molecular formula is C9H19F3N2O2S. The predicted molar refractivity (Wildman–Crippen MR) is 60.2 cm³/mol. The molecule has 0 spiro atoms. The number of alkyl halides is 3. The first-order chi connectivity index (χ1) is 7.41. The zero-order valence-electron chi connectivity index (χ0n) is 10.2. The standard InChI is InChI=1S/C9H19F3N2O2S/c1-8(2,14-17(3,15)16)7-13-6-4-5-9(10,11)12/h13-14H,4-7H2,1-3H3. The lowest BCUT2D eigenvalue weighted by Crippen LogP contribution is -2.50. The normalized spacial score (nSPS) is 14.0. The van der Waals surface area contributed by atoms with Crippen molar-refractivity contribution in [1.82, 2.24) is 10.0 Å². The molecule has 0 bridgehead atoms. The minimum Gasteiger partial charge on any atom is -0.315 e. The van der Waals surface area contributed by atoms with E-state index in [2.05, 4.69) is 10.0 Å². The fraction of sp³-hybridized carbons (Fsp3) is 1.00. The molecule has 0 aromatic heterocycles. The highest BCUT2D eigenvalue weighted by Gasteiger charge is 2.26. The van der Waals surface area contributed by atoms with E-state index in [1.807, 2.05) is 0 Å². The molecule has 0 heterocycles. The van der Waals surface area contributed by atoms with E-state index in [0.717, 1.165) is 6.26 Å². The Bertz CT molecular complexity index is 326. The third-order valence-corrected chi connectivity index (χ3v) is 2.77. The van der Waals surface area contributed by atoms with Crippen LogP contribution < -0.4 is 10.0 Å². The molecule has 0 aliphatic rings. The van der Waals surface area contributed by atoms with Crippen LogP contribution in [0.15, 0.2) is 0 Å². The second-order valence-corrected chi connectivity index (χ2v) is 6.40. The van der Waals surface area contributed by atoms with Crippen LogP contribution in [0, 0.1) is 0 Å². The van der Waals surface area contributed by atoms with Crippen LogP contribution in [-0.4, -0.2) is 39.5 Å². The summed E-state index contributed by atoms with van der Waals surface area (Å²) in [7, 11) is -3.32. The van der Waals surface area contributed by atoms with Crippen molar-refractivity contribution in [3.63, 3.8) is 0 Å². The van der Waals surface area contributed by atoms with E-state index in [4.69, 9.17) is 0 Å². The summed E-state index contributed by atoms with van der Waals surface area (Å²) in [5, 5.41) is 2.79. The second-order valence-electron chi connectivity index (χ2n) is 4.65. The van der Waals surface area contributed by atoms with Crippen molar-refractivity contribution in [3.05, 3.63) is 0 Å². The number of rotatable bonds is 7. The molecule has 104 valence electrons. The third kappa shape index (κ3) is 11.9. The molecular weight excluding hydrogens is 257 g/mol. The Morgan fingerprint density at radius 2 is 1.71 bits per heavy atom. The number of nitrogens with one attached hydrogen (secondary N) is 2. The van der Waals surface area contributed by atoms with E-state index < -0.39 is 28.2 Å². The molecule has 0 unspecified atom stereocenters. The molecule has 0 aromatic rings. The molecule has 8 heteroatoms. The van der Waals surface area contributed by atoms with Gasteiger partial charge in [0.2, 0.25) is 10.0 Å². The zero-order chi connectivity index (χ0) is 13.7. The third-order valence-electron chi connectivity index (χ3n) is 1.84. The lowest BCUT2D eigenvalue weighted by atomic mass is 10.1. The van der Waals surface area contributed by atoms with Crippen LogP contribution in [0.2, 0.25) is 0 Å². The molecule has 0 aliphatic carbocycles. The van der Waals surface area contributed by atoms with E-state index in [0.29, 0.717) is 0 Å². The first-order valence-corrected chi connectivity index (χ1v) is 7.07. The summed E-state index contributed by atoms with van der Waals surface area (Å²) in [5.74, 6) is 0. The van der Waals surface area contributed by atoms with Gasteiger partial charge in [0.15, 0.2) is 0 Å². The van der Waals surface area contributed by atoms with Gasteiger partial charge in [-0.3, -0.25) is 0 Å². The van der Waals surface area contributed by atoms with Crippen molar-refractivity contribution in [2.75, 3.05) is 19.3 Å². The minimum atomic E-state index is -4.14. The maximum atomic E-state index is 11.8. The quantitative estimate of drug-likeness (QED) is 0.688.